The summed E-state index contributed by atoms with van der Waals surface area (Å²) in [6.07, 6.45) is 4.39. The molecule has 0 spiro atoms. The van der Waals surface area contributed by atoms with Crippen LogP contribution in [-0.4, -0.2) is 5.38 Å². The maximum Gasteiger partial charge on any atom is 0.0525 e. The first kappa shape index (κ1) is 10.8. The normalized spacial score (nSPS) is 20.8. The van der Waals surface area contributed by atoms with Crippen molar-refractivity contribution in [2.45, 2.75) is 38.0 Å². The Bertz CT molecular complexity index is 359. The van der Waals surface area contributed by atoms with Crippen LogP contribution >= 0.6 is 11.6 Å². The van der Waals surface area contributed by atoms with Crippen LogP contribution in [0.25, 0.3) is 5.57 Å². The molecule has 0 nitrogen and oxygen atoms in total. The Labute approximate surface area is 97.0 Å². The van der Waals surface area contributed by atoms with Crippen molar-refractivity contribution < 1.29 is 0 Å². The van der Waals surface area contributed by atoms with E-state index in [4.69, 9.17) is 11.6 Å². The highest BCUT2D eigenvalue weighted by Gasteiger charge is 2.14. The van der Waals surface area contributed by atoms with Gasteiger partial charge in [0, 0.05) is 0 Å². The fourth-order valence-electron chi connectivity index (χ4n) is 2.00. The average molecular weight is 221 g/mol. The molecule has 1 unspecified atom stereocenters. The molecule has 0 N–H and O–H groups in total. The molecular weight excluding hydrogens is 204 g/mol. The van der Waals surface area contributed by atoms with Crippen LogP contribution in [-0.2, 0) is 0 Å². The van der Waals surface area contributed by atoms with Crippen LogP contribution in [0.3, 0.4) is 0 Å². The maximum absolute atomic E-state index is 6.06. The van der Waals surface area contributed by atoms with Gasteiger partial charge < -0.3 is 0 Å². The van der Waals surface area contributed by atoms with E-state index in [0.717, 1.165) is 12.8 Å². The highest BCUT2D eigenvalue weighted by Crippen LogP contribution is 2.31. The lowest BCUT2D eigenvalue weighted by atomic mass is 9.99. The number of alkyl halides is 1. The van der Waals surface area contributed by atoms with Gasteiger partial charge in [0.15, 0.2) is 0 Å². The Balaban J connectivity index is 2.20. The quantitative estimate of drug-likeness (QED) is 0.640. The molecule has 15 heavy (non-hydrogen) atoms. The highest BCUT2D eigenvalue weighted by atomic mass is 35.5. The summed E-state index contributed by atoms with van der Waals surface area (Å²) < 4.78 is 0. The van der Waals surface area contributed by atoms with Gasteiger partial charge in [-0.3, -0.25) is 0 Å². The molecule has 0 heterocycles. The molecule has 1 atom stereocenters. The topological polar surface area (TPSA) is 0 Å². The maximum atomic E-state index is 6.06. The molecule has 0 saturated carbocycles. The molecule has 0 amide bonds. The summed E-state index contributed by atoms with van der Waals surface area (Å²) in [5.74, 6) is 0.609. The standard InChI is InChI=1S/C14H17Cl/c1-10(2)11-3-5-12(6-4-11)13-7-8-14(15)9-13/h3-6,9-10,14H,7-8H2,1-2H3. The van der Waals surface area contributed by atoms with Gasteiger partial charge in [0.2, 0.25) is 0 Å². The molecule has 1 aliphatic rings. The number of hydrogen-bond acceptors (Lipinski definition) is 0. The van der Waals surface area contributed by atoms with Crippen LogP contribution in [0, 0.1) is 0 Å². The largest absolute Gasteiger partial charge is 0.118 e. The molecule has 80 valence electrons. The molecule has 1 heteroatoms. The molecule has 1 aliphatic carbocycles. The van der Waals surface area contributed by atoms with Gasteiger partial charge >= 0.3 is 0 Å². The van der Waals surface area contributed by atoms with Gasteiger partial charge in [-0.05, 0) is 35.5 Å². The second-order valence-electron chi connectivity index (χ2n) is 4.52. The second-order valence-corrected chi connectivity index (χ2v) is 5.08. The van der Waals surface area contributed by atoms with Crippen molar-refractivity contribution in [1.82, 2.24) is 0 Å². The molecule has 2 rings (SSSR count). The summed E-state index contributed by atoms with van der Waals surface area (Å²) in [5.41, 5.74) is 4.15. The third-order valence-electron chi connectivity index (χ3n) is 3.02. The zero-order chi connectivity index (χ0) is 10.8. The summed E-state index contributed by atoms with van der Waals surface area (Å²) in [6, 6.07) is 8.89. The Kier molecular flexibility index (Phi) is 3.16. The first-order chi connectivity index (χ1) is 7.16. The minimum Gasteiger partial charge on any atom is -0.118 e. The molecule has 1 aromatic rings. The molecule has 1 aromatic carbocycles. The van der Waals surface area contributed by atoms with Gasteiger partial charge in [0.05, 0.1) is 5.38 Å². The van der Waals surface area contributed by atoms with Crippen LogP contribution < -0.4 is 0 Å². The van der Waals surface area contributed by atoms with E-state index in [0.29, 0.717) is 5.92 Å². The molecule has 0 radical (unpaired) electrons. The minimum absolute atomic E-state index is 0.241. The van der Waals surface area contributed by atoms with Crippen molar-refractivity contribution in [3.8, 4) is 0 Å². The number of rotatable bonds is 2. The molecule has 0 aromatic heterocycles. The summed E-state index contributed by atoms with van der Waals surface area (Å²) in [4.78, 5) is 0. The first-order valence-electron chi connectivity index (χ1n) is 5.62. The van der Waals surface area contributed by atoms with E-state index in [2.05, 4.69) is 44.2 Å². The van der Waals surface area contributed by atoms with Crippen molar-refractivity contribution in [2.24, 2.45) is 0 Å². The van der Waals surface area contributed by atoms with Crippen LogP contribution in [0.5, 0.6) is 0 Å². The van der Waals surface area contributed by atoms with Crippen molar-refractivity contribution in [3.05, 3.63) is 41.5 Å². The lowest BCUT2D eigenvalue weighted by Gasteiger charge is -2.07. The van der Waals surface area contributed by atoms with Gasteiger partial charge in [-0.1, -0.05) is 44.2 Å². The zero-order valence-electron chi connectivity index (χ0n) is 9.33. The van der Waals surface area contributed by atoms with E-state index < -0.39 is 0 Å². The van der Waals surface area contributed by atoms with E-state index in [1.54, 1.807) is 0 Å². The summed E-state index contributed by atoms with van der Waals surface area (Å²) in [6.45, 7) is 4.44. The van der Waals surface area contributed by atoms with Crippen molar-refractivity contribution in [1.29, 1.82) is 0 Å². The predicted octanol–water partition coefficient (Wildman–Crippen LogP) is 4.59. The van der Waals surface area contributed by atoms with Crippen molar-refractivity contribution >= 4 is 17.2 Å². The first-order valence-corrected chi connectivity index (χ1v) is 6.05. The van der Waals surface area contributed by atoms with Crippen molar-refractivity contribution in [2.75, 3.05) is 0 Å². The fraction of sp³-hybridized carbons (Fsp3) is 0.429. The van der Waals surface area contributed by atoms with Gasteiger partial charge in [-0.15, -0.1) is 11.6 Å². The summed E-state index contributed by atoms with van der Waals surface area (Å²) >= 11 is 6.06. The molecular formula is C14H17Cl. The summed E-state index contributed by atoms with van der Waals surface area (Å²) in [5, 5.41) is 0.241. The van der Waals surface area contributed by atoms with E-state index in [-0.39, 0.29) is 5.38 Å². The van der Waals surface area contributed by atoms with Gasteiger partial charge in [0.25, 0.3) is 0 Å². The van der Waals surface area contributed by atoms with E-state index >= 15 is 0 Å². The number of halogens is 1. The van der Waals surface area contributed by atoms with E-state index in [1.165, 1.54) is 16.7 Å². The molecule has 0 saturated heterocycles. The Morgan fingerprint density at radius 2 is 1.87 bits per heavy atom. The third kappa shape index (κ3) is 2.43. The second kappa shape index (κ2) is 4.40. The molecule has 0 aliphatic heterocycles. The Hall–Kier alpha value is -0.750. The monoisotopic (exact) mass is 220 g/mol. The zero-order valence-corrected chi connectivity index (χ0v) is 10.1. The average Bonchev–Trinajstić information content (AvgIpc) is 2.65. The minimum atomic E-state index is 0.241. The van der Waals surface area contributed by atoms with Gasteiger partial charge in [0.1, 0.15) is 0 Å². The Morgan fingerprint density at radius 1 is 1.20 bits per heavy atom. The van der Waals surface area contributed by atoms with E-state index in [9.17, 15) is 0 Å². The van der Waals surface area contributed by atoms with E-state index in [1.807, 2.05) is 0 Å². The lowest BCUT2D eigenvalue weighted by Crippen LogP contribution is -1.87. The number of allylic oxidation sites excluding steroid dienone is 2. The highest BCUT2D eigenvalue weighted by molar-refractivity contribution is 6.22. The van der Waals surface area contributed by atoms with Crippen LogP contribution in [0.15, 0.2) is 30.3 Å². The number of benzene rings is 1. The SMILES string of the molecule is CC(C)c1ccc(C2=CC(Cl)CC2)cc1. The fourth-order valence-corrected chi connectivity index (χ4v) is 2.26. The third-order valence-corrected chi connectivity index (χ3v) is 3.36. The summed E-state index contributed by atoms with van der Waals surface area (Å²) in [7, 11) is 0. The molecule has 0 bridgehead atoms. The Morgan fingerprint density at radius 3 is 2.33 bits per heavy atom. The lowest BCUT2D eigenvalue weighted by molar-refractivity contribution is 0.866. The van der Waals surface area contributed by atoms with Gasteiger partial charge in [-0.2, -0.15) is 0 Å². The van der Waals surface area contributed by atoms with Crippen LogP contribution in [0.2, 0.25) is 0 Å². The predicted molar refractivity (Wildman–Crippen MR) is 67.4 cm³/mol. The smallest absolute Gasteiger partial charge is 0.0525 e. The van der Waals surface area contributed by atoms with Crippen LogP contribution in [0.1, 0.15) is 43.7 Å². The van der Waals surface area contributed by atoms with Crippen molar-refractivity contribution in [3.63, 3.8) is 0 Å². The molecule has 0 fully saturated rings. The van der Waals surface area contributed by atoms with Gasteiger partial charge in [-0.25, -0.2) is 0 Å². The number of hydrogen-bond donors (Lipinski definition) is 0. The van der Waals surface area contributed by atoms with Crippen LogP contribution in [0.4, 0.5) is 0 Å².